The third-order valence-electron chi connectivity index (χ3n) is 2.52. The average molecular weight is 172 g/mol. The van der Waals surface area contributed by atoms with Crippen molar-refractivity contribution in [3.8, 4) is 0 Å². The van der Waals surface area contributed by atoms with E-state index in [9.17, 15) is 4.79 Å². The Hall–Kier alpha value is -0.610. The molecule has 1 rings (SSSR count). The zero-order valence-electron chi connectivity index (χ0n) is 7.39. The summed E-state index contributed by atoms with van der Waals surface area (Å²) in [5.74, 6) is -0.0327. The first-order valence-corrected chi connectivity index (χ1v) is 4.29. The Kier molecular flexibility index (Phi) is 3.05. The van der Waals surface area contributed by atoms with Gasteiger partial charge in [-0.1, -0.05) is 0 Å². The van der Waals surface area contributed by atoms with E-state index in [0.717, 1.165) is 19.3 Å². The van der Waals surface area contributed by atoms with Crippen molar-refractivity contribution >= 4 is 5.91 Å². The molecule has 1 aliphatic rings. The lowest BCUT2D eigenvalue weighted by molar-refractivity contribution is -0.120. The SMILES string of the molecule is CNC(=O)CNC1(CO)CCC1. The van der Waals surface area contributed by atoms with Crippen LogP contribution in [0.2, 0.25) is 0 Å². The molecule has 0 unspecified atom stereocenters. The van der Waals surface area contributed by atoms with E-state index >= 15 is 0 Å². The maximum atomic E-state index is 10.9. The number of nitrogens with one attached hydrogen (secondary N) is 2. The highest BCUT2D eigenvalue weighted by molar-refractivity contribution is 5.77. The fourth-order valence-electron chi connectivity index (χ4n) is 1.35. The van der Waals surface area contributed by atoms with Crippen molar-refractivity contribution in [1.29, 1.82) is 0 Å². The van der Waals surface area contributed by atoms with Crippen LogP contribution in [0.5, 0.6) is 0 Å². The van der Waals surface area contributed by atoms with E-state index in [1.807, 2.05) is 0 Å². The normalized spacial score (nSPS) is 19.8. The third kappa shape index (κ3) is 1.95. The number of likely N-dealkylation sites (N-methyl/N-ethyl adjacent to an activating group) is 1. The molecule has 0 heterocycles. The Balaban J connectivity index is 2.24. The molecular formula is C8H16N2O2. The van der Waals surface area contributed by atoms with Crippen LogP contribution in [0.1, 0.15) is 19.3 Å². The summed E-state index contributed by atoms with van der Waals surface area (Å²) in [6.45, 7) is 0.432. The Morgan fingerprint density at radius 2 is 2.25 bits per heavy atom. The van der Waals surface area contributed by atoms with Crippen molar-refractivity contribution in [2.75, 3.05) is 20.2 Å². The van der Waals surface area contributed by atoms with Crippen LogP contribution in [0, 0.1) is 0 Å². The fourth-order valence-corrected chi connectivity index (χ4v) is 1.35. The van der Waals surface area contributed by atoms with Gasteiger partial charge in [0, 0.05) is 12.6 Å². The molecule has 0 spiro atoms. The van der Waals surface area contributed by atoms with Crippen molar-refractivity contribution in [3.63, 3.8) is 0 Å². The van der Waals surface area contributed by atoms with Crippen LogP contribution in [0.3, 0.4) is 0 Å². The van der Waals surface area contributed by atoms with Gasteiger partial charge in [-0.2, -0.15) is 0 Å². The van der Waals surface area contributed by atoms with E-state index < -0.39 is 0 Å². The quantitative estimate of drug-likeness (QED) is 0.522. The summed E-state index contributed by atoms with van der Waals surface area (Å²) in [6, 6.07) is 0. The van der Waals surface area contributed by atoms with Gasteiger partial charge in [0.2, 0.25) is 5.91 Å². The molecule has 70 valence electrons. The van der Waals surface area contributed by atoms with Crippen molar-refractivity contribution < 1.29 is 9.90 Å². The highest BCUT2D eigenvalue weighted by atomic mass is 16.3. The van der Waals surface area contributed by atoms with E-state index in [-0.39, 0.29) is 18.1 Å². The second-order valence-corrected chi connectivity index (χ2v) is 3.32. The third-order valence-corrected chi connectivity index (χ3v) is 2.52. The van der Waals surface area contributed by atoms with Crippen molar-refractivity contribution in [2.24, 2.45) is 0 Å². The molecule has 1 amide bonds. The number of hydrogen-bond donors (Lipinski definition) is 3. The predicted molar refractivity (Wildman–Crippen MR) is 45.7 cm³/mol. The van der Waals surface area contributed by atoms with Crippen LogP contribution in [0.15, 0.2) is 0 Å². The molecule has 4 heteroatoms. The van der Waals surface area contributed by atoms with Crippen LogP contribution < -0.4 is 10.6 Å². The molecule has 0 aliphatic heterocycles. The maximum absolute atomic E-state index is 10.9. The van der Waals surface area contributed by atoms with Crippen LogP contribution in [0.4, 0.5) is 0 Å². The highest BCUT2D eigenvalue weighted by Gasteiger charge is 2.35. The minimum absolute atomic E-state index is 0.0327. The van der Waals surface area contributed by atoms with Gasteiger partial charge in [0.1, 0.15) is 0 Å². The lowest BCUT2D eigenvalue weighted by Crippen LogP contribution is -2.56. The topological polar surface area (TPSA) is 61.4 Å². The number of rotatable bonds is 4. The standard InChI is InChI=1S/C8H16N2O2/c1-9-7(12)5-10-8(6-11)3-2-4-8/h10-11H,2-6H2,1H3,(H,9,12). The van der Waals surface area contributed by atoms with Crippen molar-refractivity contribution in [2.45, 2.75) is 24.8 Å². The van der Waals surface area contributed by atoms with E-state index in [1.54, 1.807) is 7.05 Å². The fraction of sp³-hybridized carbons (Fsp3) is 0.875. The number of hydrogen-bond acceptors (Lipinski definition) is 3. The molecule has 0 radical (unpaired) electrons. The van der Waals surface area contributed by atoms with Crippen molar-refractivity contribution in [1.82, 2.24) is 10.6 Å². The number of aliphatic hydroxyl groups is 1. The lowest BCUT2D eigenvalue weighted by Gasteiger charge is -2.41. The molecule has 0 bridgehead atoms. The smallest absolute Gasteiger partial charge is 0.233 e. The Morgan fingerprint density at radius 1 is 1.58 bits per heavy atom. The summed E-state index contributed by atoms with van der Waals surface area (Å²) in [5.41, 5.74) is -0.160. The Bertz CT molecular complexity index is 161. The molecule has 12 heavy (non-hydrogen) atoms. The van der Waals surface area contributed by atoms with Gasteiger partial charge in [-0.3, -0.25) is 4.79 Å². The zero-order valence-corrected chi connectivity index (χ0v) is 7.39. The molecule has 0 aromatic rings. The molecule has 1 fully saturated rings. The summed E-state index contributed by atoms with van der Waals surface area (Å²) in [7, 11) is 1.61. The monoisotopic (exact) mass is 172 g/mol. The summed E-state index contributed by atoms with van der Waals surface area (Å²) in [4.78, 5) is 10.9. The molecule has 4 nitrogen and oxygen atoms in total. The van der Waals surface area contributed by atoms with Gasteiger partial charge in [-0.05, 0) is 19.3 Å². The van der Waals surface area contributed by atoms with Gasteiger partial charge in [0.25, 0.3) is 0 Å². The second-order valence-electron chi connectivity index (χ2n) is 3.32. The average Bonchev–Trinajstić information content (AvgIpc) is 2.03. The van der Waals surface area contributed by atoms with Gasteiger partial charge in [-0.15, -0.1) is 0 Å². The minimum Gasteiger partial charge on any atom is -0.394 e. The number of aliphatic hydroxyl groups excluding tert-OH is 1. The van der Waals surface area contributed by atoms with E-state index in [2.05, 4.69) is 10.6 Å². The summed E-state index contributed by atoms with van der Waals surface area (Å²) >= 11 is 0. The minimum atomic E-state index is -0.160. The second kappa shape index (κ2) is 3.87. The molecule has 3 N–H and O–H groups in total. The Morgan fingerprint density at radius 3 is 2.58 bits per heavy atom. The predicted octanol–water partition coefficient (Wildman–Crippen LogP) is -0.763. The van der Waals surface area contributed by atoms with Gasteiger partial charge in [0.05, 0.1) is 13.2 Å². The molecule has 1 aliphatic carbocycles. The molecule has 0 saturated heterocycles. The molecule has 1 saturated carbocycles. The first-order valence-electron chi connectivity index (χ1n) is 4.29. The number of carbonyl (C=O) groups excluding carboxylic acids is 1. The van der Waals surface area contributed by atoms with Crippen LogP contribution >= 0.6 is 0 Å². The van der Waals surface area contributed by atoms with Gasteiger partial charge in [0.15, 0.2) is 0 Å². The maximum Gasteiger partial charge on any atom is 0.233 e. The number of amides is 1. The first-order chi connectivity index (χ1) is 5.72. The zero-order chi connectivity index (χ0) is 9.03. The molecular weight excluding hydrogens is 156 g/mol. The van der Waals surface area contributed by atoms with Crippen LogP contribution in [-0.2, 0) is 4.79 Å². The van der Waals surface area contributed by atoms with Crippen LogP contribution in [-0.4, -0.2) is 36.8 Å². The molecule has 0 aromatic carbocycles. The largest absolute Gasteiger partial charge is 0.394 e. The van der Waals surface area contributed by atoms with Crippen LogP contribution in [0.25, 0.3) is 0 Å². The van der Waals surface area contributed by atoms with Gasteiger partial charge >= 0.3 is 0 Å². The van der Waals surface area contributed by atoms with E-state index in [1.165, 1.54) is 0 Å². The first kappa shape index (κ1) is 9.48. The summed E-state index contributed by atoms with van der Waals surface area (Å²) in [6.07, 6.45) is 3.09. The lowest BCUT2D eigenvalue weighted by atomic mass is 9.77. The summed E-state index contributed by atoms with van der Waals surface area (Å²) < 4.78 is 0. The number of carbonyl (C=O) groups is 1. The van der Waals surface area contributed by atoms with E-state index in [0.29, 0.717) is 6.54 Å². The van der Waals surface area contributed by atoms with E-state index in [4.69, 9.17) is 5.11 Å². The summed E-state index contributed by atoms with van der Waals surface area (Å²) in [5, 5.41) is 14.6. The highest BCUT2D eigenvalue weighted by Crippen LogP contribution is 2.30. The van der Waals surface area contributed by atoms with Crippen molar-refractivity contribution in [3.05, 3.63) is 0 Å². The molecule has 0 aromatic heterocycles. The van der Waals surface area contributed by atoms with Gasteiger partial charge in [-0.25, -0.2) is 0 Å². The van der Waals surface area contributed by atoms with Gasteiger partial charge < -0.3 is 15.7 Å². The molecule has 0 atom stereocenters. The Labute approximate surface area is 72.3 Å².